The maximum absolute atomic E-state index is 14.3. The summed E-state index contributed by atoms with van der Waals surface area (Å²) in [6.07, 6.45) is -3.48. The van der Waals surface area contributed by atoms with E-state index in [2.05, 4.69) is 14.7 Å². The fourth-order valence-electron chi connectivity index (χ4n) is 3.40. The minimum absolute atomic E-state index is 0.105. The molecule has 0 bridgehead atoms. The lowest BCUT2D eigenvalue weighted by molar-refractivity contribution is -0.138. The third-order valence-corrected chi connectivity index (χ3v) is 4.62. The first-order valence-corrected chi connectivity index (χ1v) is 8.50. The maximum Gasteiger partial charge on any atom is 0.417 e. The van der Waals surface area contributed by atoms with E-state index < -0.39 is 42.5 Å². The average molecular weight is 423 g/mol. The number of halogens is 7. The molecule has 0 radical (unpaired) electrons. The van der Waals surface area contributed by atoms with Crippen LogP contribution in [0.3, 0.4) is 0 Å². The van der Waals surface area contributed by atoms with Crippen molar-refractivity contribution in [1.29, 1.82) is 0 Å². The highest BCUT2D eigenvalue weighted by Crippen LogP contribution is 2.46. The largest absolute Gasteiger partial charge is 0.431 e. The van der Waals surface area contributed by atoms with Gasteiger partial charge in [-0.25, -0.2) is 8.78 Å². The van der Waals surface area contributed by atoms with E-state index in [0.29, 0.717) is 12.3 Å². The lowest BCUT2D eigenvalue weighted by atomic mass is 9.85. The molecule has 2 heterocycles. The number of aryl methyl sites for hydroxylation is 2. The van der Waals surface area contributed by atoms with Crippen LogP contribution in [0.15, 0.2) is 29.5 Å². The summed E-state index contributed by atoms with van der Waals surface area (Å²) < 4.78 is 98.5. The molecule has 0 amide bonds. The van der Waals surface area contributed by atoms with Crippen LogP contribution in [0.25, 0.3) is 0 Å². The molecular weight excluding hydrogens is 407 g/mol. The predicted octanol–water partition coefficient (Wildman–Crippen LogP) is 4.88. The summed E-state index contributed by atoms with van der Waals surface area (Å²) in [5.41, 5.74) is -1.56. The molecule has 0 saturated carbocycles. The van der Waals surface area contributed by atoms with E-state index in [-0.39, 0.29) is 28.7 Å². The van der Waals surface area contributed by atoms with Crippen LogP contribution >= 0.6 is 0 Å². The highest BCUT2D eigenvalue weighted by Gasteiger charge is 2.42. The van der Waals surface area contributed by atoms with Gasteiger partial charge in [-0.3, -0.25) is 9.98 Å². The Morgan fingerprint density at radius 2 is 2.00 bits per heavy atom. The fraction of sp³-hybridized carbons (Fsp3) is 0.444. The monoisotopic (exact) mass is 423 g/mol. The maximum atomic E-state index is 14.3. The minimum Gasteiger partial charge on any atom is -0.431 e. The zero-order chi connectivity index (χ0) is 21.6. The Bertz CT molecular complexity index is 982. The number of hydrogen-bond donors (Lipinski definition) is 0. The number of alkyl halides is 7. The summed E-state index contributed by atoms with van der Waals surface area (Å²) in [4.78, 5) is 8.08. The molecule has 0 N–H and O–H groups in total. The zero-order valence-corrected chi connectivity index (χ0v) is 15.3. The molecule has 1 unspecified atom stereocenters. The lowest BCUT2D eigenvalue weighted by Crippen LogP contribution is -2.29. The van der Waals surface area contributed by atoms with Gasteiger partial charge in [0, 0.05) is 37.1 Å². The quantitative estimate of drug-likeness (QED) is 0.661. The van der Waals surface area contributed by atoms with E-state index in [1.807, 2.05) is 0 Å². The van der Waals surface area contributed by atoms with Gasteiger partial charge in [0.15, 0.2) is 11.2 Å². The van der Waals surface area contributed by atoms with Crippen molar-refractivity contribution in [3.05, 3.63) is 52.4 Å². The molecule has 0 aromatic carbocycles. The van der Waals surface area contributed by atoms with Gasteiger partial charge in [-0.05, 0) is 31.0 Å². The Labute approximate surface area is 160 Å². The van der Waals surface area contributed by atoms with Crippen molar-refractivity contribution in [1.82, 2.24) is 9.55 Å². The molecule has 4 nitrogen and oxygen atoms in total. The van der Waals surface area contributed by atoms with Crippen LogP contribution < -0.4 is 10.2 Å². The molecule has 2 aromatic heterocycles. The molecule has 2 aromatic rings. The molecule has 1 aliphatic carbocycles. The van der Waals surface area contributed by atoms with Crippen LogP contribution in [0.5, 0.6) is 5.75 Å². The normalized spacial score (nSPS) is 19.4. The first-order valence-electron chi connectivity index (χ1n) is 8.50. The van der Waals surface area contributed by atoms with E-state index in [4.69, 9.17) is 0 Å². The van der Waals surface area contributed by atoms with Gasteiger partial charge in [0.05, 0.1) is 11.6 Å². The number of nitrogens with zero attached hydrogens (tertiary/aromatic N) is 3. The highest BCUT2D eigenvalue weighted by molar-refractivity contribution is 5.38. The van der Waals surface area contributed by atoms with Crippen molar-refractivity contribution in [3.63, 3.8) is 0 Å². The molecule has 0 spiro atoms. The molecule has 11 heteroatoms. The first-order chi connectivity index (χ1) is 13.4. The SMILES string of the molecule is Cc1nccc2c1C(F)(F)CCC2N=c1c(OC(F)F)cc(C(F)(F)F)cn1C. The van der Waals surface area contributed by atoms with Gasteiger partial charge in [0.1, 0.15) is 0 Å². The number of rotatable bonds is 3. The van der Waals surface area contributed by atoms with Crippen LogP contribution in [-0.2, 0) is 19.1 Å². The van der Waals surface area contributed by atoms with E-state index >= 15 is 0 Å². The third-order valence-electron chi connectivity index (χ3n) is 4.62. The molecule has 3 rings (SSSR count). The van der Waals surface area contributed by atoms with Gasteiger partial charge >= 0.3 is 12.8 Å². The van der Waals surface area contributed by atoms with Gasteiger partial charge in [-0.2, -0.15) is 22.0 Å². The fourth-order valence-corrected chi connectivity index (χ4v) is 3.40. The smallest absolute Gasteiger partial charge is 0.417 e. The van der Waals surface area contributed by atoms with Crippen molar-refractivity contribution < 1.29 is 35.5 Å². The minimum atomic E-state index is -4.79. The summed E-state index contributed by atoms with van der Waals surface area (Å²) in [5.74, 6) is -3.92. The van der Waals surface area contributed by atoms with E-state index in [1.54, 1.807) is 0 Å². The second kappa shape index (κ2) is 7.34. The molecule has 0 aliphatic heterocycles. The van der Waals surface area contributed by atoms with Crippen LogP contribution in [0, 0.1) is 6.92 Å². The summed E-state index contributed by atoms with van der Waals surface area (Å²) in [6, 6.07) is 0.886. The van der Waals surface area contributed by atoms with Crippen LogP contribution in [0.1, 0.15) is 41.3 Å². The molecule has 1 atom stereocenters. The van der Waals surface area contributed by atoms with Crippen molar-refractivity contribution in [2.45, 2.75) is 44.5 Å². The Balaban J connectivity index is 2.20. The summed E-state index contributed by atoms with van der Waals surface area (Å²) >= 11 is 0. The van der Waals surface area contributed by atoms with E-state index in [0.717, 1.165) is 4.57 Å². The van der Waals surface area contributed by atoms with E-state index in [1.165, 1.54) is 26.2 Å². The number of fused-ring (bicyclic) bond motifs is 1. The Morgan fingerprint density at radius 1 is 1.31 bits per heavy atom. The molecule has 158 valence electrons. The zero-order valence-electron chi connectivity index (χ0n) is 15.3. The molecule has 29 heavy (non-hydrogen) atoms. The predicted molar refractivity (Wildman–Crippen MR) is 87.5 cm³/mol. The average Bonchev–Trinajstić information content (AvgIpc) is 2.58. The van der Waals surface area contributed by atoms with Gasteiger partial charge < -0.3 is 9.30 Å². The topological polar surface area (TPSA) is 39.4 Å². The Kier molecular flexibility index (Phi) is 5.35. The Morgan fingerprint density at radius 3 is 2.62 bits per heavy atom. The second-order valence-electron chi connectivity index (χ2n) is 6.65. The molecule has 0 saturated heterocycles. The lowest BCUT2D eigenvalue weighted by Gasteiger charge is -2.30. The van der Waals surface area contributed by atoms with Crippen molar-refractivity contribution in [2.75, 3.05) is 0 Å². The third kappa shape index (κ3) is 4.23. The first kappa shape index (κ1) is 21.1. The number of ether oxygens (including phenoxy) is 1. The summed E-state index contributed by atoms with van der Waals surface area (Å²) in [5, 5.41) is 0. The van der Waals surface area contributed by atoms with Crippen LogP contribution in [-0.4, -0.2) is 16.2 Å². The van der Waals surface area contributed by atoms with Gasteiger partial charge in [-0.1, -0.05) is 0 Å². The molecule has 1 aliphatic rings. The Hall–Kier alpha value is -2.59. The number of aromatic nitrogens is 2. The standard InChI is InChI=1S/C18H16F7N3O/c1-9-14-11(4-6-26-9)12(3-5-17(14,21)22)27-15-13(29-16(19)20)7-10(8-28(15)2)18(23,24)25/h4,6-8,12,16H,3,5H2,1-2H3. The van der Waals surface area contributed by atoms with Gasteiger partial charge in [-0.15, -0.1) is 0 Å². The molecule has 0 fully saturated rings. The van der Waals surface area contributed by atoms with Crippen LogP contribution in [0.4, 0.5) is 30.7 Å². The summed E-state index contributed by atoms with van der Waals surface area (Å²) in [6.45, 7) is -1.97. The van der Waals surface area contributed by atoms with Gasteiger partial charge in [0.25, 0.3) is 5.92 Å². The van der Waals surface area contributed by atoms with Gasteiger partial charge in [0.2, 0.25) is 0 Å². The van der Waals surface area contributed by atoms with Crippen molar-refractivity contribution in [3.8, 4) is 5.75 Å². The number of hydrogen-bond acceptors (Lipinski definition) is 3. The van der Waals surface area contributed by atoms with Crippen molar-refractivity contribution in [2.24, 2.45) is 12.0 Å². The second-order valence-corrected chi connectivity index (χ2v) is 6.65. The summed E-state index contributed by atoms with van der Waals surface area (Å²) in [7, 11) is 1.18. The van der Waals surface area contributed by atoms with E-state index in [9.17, 15) is 30.7 Å². The van der Waals surface area contributed by atoms with Crippen LogP contribution in [0.2, 0.25) is 0 Å². The molecular formula is C18H16F7N3O. The number of pyridine rings is 2. The van der Waals surface area contributed by atoms with Crippen molar-refractivity contribution >= 4 is 0 Å². The highest BCUT2D eigenvalue weighted by atomic mass is 19.4.